The fourth-order valence-electron chi connectivity index (χ4n) is 1.45. The van der Waals surface area contributed by atoms with E-state index in [1.165, 1.54) is 0 Å². The van der Waals surface area contributed by atoms with Crippen LogP contribution in [0.15, 0.2) is 0 Å². The smallest absolute Gasteiger partial charge is 0.161 e. The van der Waals surface area contributed by atoms with Crippen LogP contribution < -0.4 is 0 Å². The molecule has 9 heavy (non-hydrogen) atoms. The van der Waals surface area contributed by atoms with Crippen molar-refractivity contribution in [1.82, 2.24) is 0 Å². The zero-order chi connectivity index (χ0) is 6.43. The summed E-state index contributed by atoms with van der Waals surface area (Å²) in [6.07, 6.45) is 0.108. The van der Waals surface area contributed by atoms with E-state index >= 15 is 0 Å². The van der Waals surface area contributed by atoms with Crippen molar-refractivity contribution in [2.24, 2.45) is 11.8 Å². The highest BCUT2D eigenvalue weighted by molar-refractivity contribution is 14.1. The minimum atomic E-state index is 0.108. The van der Waals surface area contributed by atoms with Crippen LogP contribution in [0.1, 0.15) is 0 Å². The SMILES string of the molecule is CO[C@H]1OC[C@@H]2C(I)C12. The highest BCUT2D eigenvalue weighted by atomic mass is 127. The minimum absolute atomic E-state index is 0.108. The molecule has 4 atom stereocenters. The van der Waals surface area contributed by atoms with Gasteiger partial charge in [0, 0.05) is 22.9 Å². The van der Waals surface area contributed by atoms with Crippen LogP contribution in [-0.2, 0) is 9.47 Å². The third-order valence-corrected chi connectivity index (χ3v) is 3.88. The van der Waals surface area contributed by atoms with Gasteiger partial charge in [-0.05, 0) is 0 Å². The molecule has 2 unspecified atom stereocenters. The van der Waals surface area contributed by atoms with Crippen molar-refractivity contribution in [3.8, 4) is 0 Å². The molecule has 0 aromatic rings. The van der Waals surface area contributed by atoms with Gasteiger partial charge in [-0.1, -0.05) is 22.6 Å². The van der Waals surface area contributed by atoms with Crippen molar-refractivity contribution in [3.05, 3.63) is 0 Å². The van der Waals surface area contributed by atoms with E-state index < -0.39 is 0 Å². The number of rotatable bonds is 1. The zero-order valence-corrected chi connectivity index (χ0v) is 7.37. The van der Waals surface area contributed by atoms with Crippen molar-refractivity contribution in [2.75, 3.05) is 13.7 Å². The van der Waals surface area contributed by atoms with Crippen LogP contribution in [0.3, 0.4) is 0 Å². The van der Waals surface area contributed by atoms with Gasteiger partial charge < -0.3 is 9.47 Å². The summed E-state index contributed by atoms with van der Waals surface area (Å²) in [4.78, 5) is 0. The number of hydrogen-bond acceptors (Lipinski definition) is 2. The van der Waals surface area contributed by atoms with E-state index in [0.29, 0.717) is 5.92 Å². The fourth-order valence-corrected chi connectivity index (χ4v) is 2.77. The predicted octanol–water partition coefficient (Wildman–Crippen LogP) is 1.04. The van der Waals surface area contributed by atoms with E-state index in [0.717, 1.165) is 16.4 Å². The van der Waals surface area contributed by atoms with Gasteiger partial charge in [-0.25, -0.2) is 0 Å². The Balaban J connectivity index is 1.99. The Morgan fingerprint density at radius 2 is 2.44 bits per heavy atom. The first-order valence-corrected chi connectivity index (χ1v) is 4.37. The van der Waals surface area contributed by atoms with Crippen molar-refractivity contribution < 1.29 is 9.47 Å². The fraction of sp³-hybridized carbons (Fsp3) is 1.00. The Morgan fingerprint density at radius 3 is 2.78 bits per heavy atom. The molecule has 0 N–H and O–H groups in total. The minimum Gasteiger partial charge on any atom is -0.356 e. The number of halogens is 1. The molecule has 1 aliphatic carbocycles. The summed E-state index contributed by atoms with van der Waals surface area (Å²) >= 11 is 2.47. The summed E-state index contributed by atoms with van der Waals surface area (Å²) in [6, 6.07) is 0. The summed E-state index contributed by atoms with van der Waals surface area (Å²) in [7, 11) is 1.72. The van der Waals surface area contributed by atoms with Gasteiger partial charge in [0.05, 0.1) is 6.61 Å². The molecule has 2 nitrogen and oxygen atoms in total. The summed E-state index contributed by atoms with van der Waals surface area (Å²) in [5.74, 6) is 1.51. The second-order valence-corrected chi connectivity index (χ2v) is 4.06. The summed E-state index contributed by atoms with van der Waals surface area (Å²) in [6.45, 7) is 0.913. The maximum atomic E-state index is 5.31. The highest BCUT2D eigenvalue weighted by Crippen LogP contribution is 2.53. The lowest BCUT2D eigenvalue weighted by atomic mass is 10.4. The molecule has 0 spiro atoms. The van der Waals surface area contributed by atoms with E-state index in [1.54, 1.807) is 7.11 Å². The molecule has 1 aliphatic heterocycles. The normalized spacial score (nSPS) is 55.3. The maximum Gasteiger partial charge on any atom is 0.161 e. The lowest BCUT2D eigenvalue weighted by Gasteiger charge is -2.09. The molecule has 2 rings (SSSR count). The van der Waals surface area contributed by atoms with Crippen LogP contribution in [0.5, 0.6) is 0 Å². The monoisotopic (exact) mass is 240 g/mol. The van der Waals surface area contributed by atoms with E-state index in [2.05, 4.69) is 22.6 Å². The quantitative estimate of drug-likeness (QED) is 0.503. The zero-order valence-electron chi connectivity index (χ0n) is 5.21. The number of hydrogen-bond donors (Lipinski definition) is 0. The molecule has 0 radical (unpaired) electrons. The molecule has 0 bridgehead atoms. The van der Waals surface area contributed by atoms with Gasteiger partial charge in [0.25, 0.3) is 0 Å². The average molecular weight is 240 g/mol. The van der Waals surface area contributed by atoms with Crippen molar-refractivity contribution in [2.45, 2.75) is 10.2 Å². The van der Waals surface area contributed by atoms with Crippen molar-refractivity contribution >= 4 is 22.6 Å². The summed E-state index contributed by atoms with van der Waals surface area (Å²) in [5.41, 5.74) is 0. The molecule has 52 valence electrons. The Kier molecular flexibility index (Phi) is 1.46. The number of ether oxygens (including phenoxy) is 2. The van der Waals surface area contributed by atoms with Gasteiger partial charge in [-0.2, -0.15) is 0 Å². The molecule has 1 heterocycles. The molecule has 0 amide bonds. The van der Waals surface area contributed by atoms with Crippen molar-refractivity contribution in [3.63, 3.8) is 0 Å². The van der Waals surface area contributed by atoms with Crippen LogP contribution in [-0.4, -0.2) is 23.9 Å². The average Bonchev–Trinajstić information content (AvgIpc) is 2.41. The first-order chi connectivity index (χ1) is 4.34. The van der Waals surface area contributed by atoms with Crippen LogP contribution in [0.2, 0.25) is 0 Å². The molecule has 1 saturated carbocycles. The Bertz CT molecular complexity index is 128. The van der Waals surface area contributed by atoms with Crippen LogP contribution in [0, 0.1) is 11.8 Å². The van der Waals surface area contributed by atoms with Gasteiger partial charge in [0.2, 0.25) is 0 Å². The lowest BCUT2D eigenvalue weighted by Crippen LogP contribution is -2.15. The maximum absolute atomic E-state index is 5.31. The molecule has 0 aromatic heterocycles. The standard InChI is InChI=1S/C6H9IO2/c1-8-6-4-3(2-9-6)5(4)7/h3-6H,2H2,1H3/t3-,4?,5?,6-/m0/s1. The second kappa shape index (κ2) is 2.07. The van der Waals surface area contributed by atoms with Gasteiger partial charge in [-0.15, -0.1) is 0 Å². The second-order valence-electron chi connectivity index (χ2n) is 2.62. The Morgan fingerprint density at radius 1 is 1.67 bits per heavy atom. The van der Waals surface area contributed by atoms with Crippen molar-refractivity contribution in [1.29, 1.82) is 0 Å². The lowest BCUT2D eigenvalue weighted by molar-refractivity contribution is -0.107. The van der Waals surface area contributed by atoms with Crippen LogP contribution >= 0.6 is 22.6 Å². The summed E-state index contributed by atoms with van der Waals surface area (Å²) in [5, 5.41) is 0. The molecule has 0 aromatic carbocycles. The topological polar surface area (TPSA) is 18.5 Å². The highest BCUT2D eigenvalue weighted by Gasteiger charge is 2.58. The van der Waals surface area contributed by atoms with Crippen LogP contribution in [0.25, 0.3) is 0 Å². The Labute approximate surface area is 68.0 Å². The third-order valence-electron chi connectivity index (χ3n) is 2.13. The Hall–Kier alpha value is 0.650. The van der Waals surface area contributed by atoms with E-state index in [1.807, 2.05) is 0 Å². The van der Waals surface area contributed by atoms with Gasteiger partial charge in [0.1, 0.15) is 0 Å². The largest absolute Gasteiger partial charge is 0.356 e. The van der Waals surface area contributed by atoms with Gasteiger partial charge in [0.15, 0.2) is 6.29 Å². The molecular formula is C6H9IO2. The van der Waals surface area contributed by atoms with E-state index in [4.69, 9.17) is 9.47 Å². The molecular weight excluding hydrogens is 231 g/mol. The molecule has 1 saturated heterocycles. The first-order valence-electron chi connectivity index (χ1n) is 3.13. The number of alkyl halides is 1. The van der Waals surface area contributed by atoms with Gasteiger partial charge >= 0.3 is 0 Å². The molecule has 2 fully saturated rings. The van der Waals surface area contributed by atoms with Gasteiger partial charge in [-0.3, -0.25) is 0 Å². The first kappa shape index (κ1) is 6.37. The van der Waals surface area contributed by atoms with E-state index in [9.17, 15) is 0 Å². The molecule has 3 heteroatoms. The molecule has 2 aliphatic rings. The van der Waals surface area contributed by atoms with E-state index in [-0.39, 0.29) is 6.29 Å². The third kappa shape index (κ3) is 0.816. The predicted molar refractivity (Wildman–Crippen MR) is 41.5 cm³/mol. The number of methoxy groups -OCH3 is 1. The summed E-state index contributed by atoms with van der Waals surface area (Å²) < 4.78 is 11.2. The number of fused-ring (bicyclic) bond motifs is 1. The van der Waals surface area contributed by atoms with Crippen LogP contribution in [0.4, 0.5) is 0 Å².